The number of aromatic nitrogens is 4. The smallest absolute Gasteiger partial charge is 0.407 e. The highest BCUT2D eigenvalue weighted by Gasteiger charge is 2.25. The Balaban J connectivity index is 1.39. The van der Waals surface area contributed by atoms with Gasteiger partial charge in [-0.3, -0.25) is 0 Å². The quantitative estimate of drug-likeness (QED) is 0.540. The minimum atomic E-state index is -0.490. The van der Waals surface area contributed by atoms with Gasteiger partial charge >= 0.3 is 6.09 Å². The van der Waals surface area contributed by atoms with Gasteiger partial charge in [0.1, 0.15) is 16.9 Å². The highest BCUT2D eigenvalue weighted by atomic mass is 16.6. The maximum absolute atomic E-state index is 12.0. The van der Waals surface area contributed by atoms with Gasteiger partial charge in [0.25, 0.3) is 0 Å². The van der Waals surface area contributed by atoms with E-state index >= 15 is 0 Å². The number of pyridine rings is 2. The third-order valence-corrected chi connectivity index (χ3v) is 5.60. The fourth-order valence-corrected chi connectivity index (χ4v) is 4.00. The SMILES string of the molecule is Cc1cc(-c2ccc(N)nc2)nc2cnc(NC3CCC(NC(=O)OC(C)(C)C)CC3)nc12. The van der Waals surface area contributed by atoms with E-state index in [0.717, 1.165) is 53.5 Å². The highest BCUT2D eigenvalue weighted by molar-refractivity contribution is 5.81. The zero-order valence-electron chi connectivity index (χ0n) is 19.6. The number of alkyl carbamates (subject to hydrolysis) is 1. The molecule has 33 heavy (non-hydrogen) atoms. The molecule has 0 saturated heterocycles. The summed E-state index contributed by atoms with van der Waals surface area (Å²) in [6.45, 7) is 7.61. The molecule has 4 N–H and O–H groups in total. The number of amides is 1. The molecule has 1 aliphatic carbocycles. The third-order valence-electron chi connectivity index (χ3n) is 5.60. The summed E-state index contributed by atoms with van der Waals surface area (Å²) in [7, 11) is 0. The minimum absolute atomic E-state index is 0.128. The van der Waals surface area contributed by atoms with Crippen LogP contribution in [-0.2, 0) is 4.74 Å². The molecule has 3 heterocycles. The van der Waals surface area contributed by atoms with Crippen molar-refractivity contribution in [2.45, 2.75) is 71.1 Å². The molecular weight excluding hydrogens is 418 g/mol. The summed E-state index contributed by atoms with van der Waals surface area (Å²) in [6.07, 6.45) is 6.71. The van der Waals surface area contributed by atoms with Crippen molar-refractivity contribution < 1.29 is 9.53 Å². The van der Waals surface area contributed by atoms with Gasteiger partial charge in [0.2, 0.25) is 5.95 Å². The Morgan fingerprint density at radius 1 is 1.06 bits per heavy atom. The molecule has 4 rings (SSSR count). The van der Waals surface area contributed by atoms with Crippen molar-refractivity contribution in [3.05, 3.63) is 36.2 Å². The Bertz CT molecular complexity index is 1130. The Hall–Kier alpha value is -3.49. The molecule has 1 amide bonds. The van der Waals surface area contributed by atoms with Crippen LogP contribution in [-0.4, -0.2) is 43.7 Å². The predicted molar refractivity (Wildman–Crippen MR) is 129 cm³/mol. The largest absolute Gasteiger partial charge is 0.444 e. The number of hydrogen-bond donors (Lipinski definition) is 3. The van der Waals surface area contributed by atoms with Crippen LogP contribution in [0.1, 0.15) is 52.0 Å². The van der Waals surface area contributed by atoms with E-state index in [1.54, 1.807) is 18.5 Å². The van der Waals surface area contributed by atoms with E-state index in [1.807, 2.05) is 39.8 Å². The van der Waals surface area contributed by atoms with Gasteiger partial charge < -0.3 is 21.1 Å². The van der Waals surface area contributed by atoms with Gasteiger partial charge in [-0.2, -0.15) is 0 Å². The molecule has 0 unspecified atom stereocenters. The lowest BCUT2D eigenvalue weighted by Crippen LogP contribution is -2.42. The Labute approximate surface area is 193 Å². The number of fused-ring (bicyclic) bond motifs is 1. The lowest BCUT2D eigenvalue weighted by atomic mass is 9.91. The van der Waals surface area contributed by atoms with Crippen molar-refractivity contribution in [1.29, 1.82) is 0 Å². The van der Waals surface area contributed by atoms with Gasteiger partial charge in [-0.1, -0.05) is 0 Å². The average Bonchev–Trinajstić information content (AvgIpc) is 2.74. The molecule has 0 spiro atoms. The van der Waals surface area contributed by atoms with Crippen LogP contribution in [0.25, 0.3) is 22.3 Å². The van der Waals surface area contributed by atoms with Crippen molar-refractivity contribution in [3.8, 4) is 11.3 Å². The molecule has 1 fully saturated rings. The highest BCUT2D eigenvalue weighted by Crippen LogP contribution is 2.25. The summed E-state index contributed by atoms with van der Waals surface area (Å²) >= 11 is 0. The van der Waals surface area contributed by atoms with E-state index in [0.29, 0.717) is 11.8 Å². The van der Waals surface area contributed by atoms with Crippen LogP contribution < -0.4 is 16.4 Å². The van der Waals surface area contributed by atoms with Gasteiger partial charge in [0, 0.05) is 23.8 Å². The van der Waals surface area contributed by atoms with Crippen molar-refractivity contribution in [3.63, 3.8) is 0 Å². The first-order valence-corrected chi connectivity index (χ1v) is 11.3. The molecule has 0 atom stereocenters. The molecule has 3 aromatic rings. The van der Waals surface area contributed by atoms with E-state index in [9.17, 15) is 4.79 Å². The van der Waals surface area contributed by atoms with Gasteiger partial charge in [0.05, 0.1) is 17.4 Å². The number of rotatable bonds is 4. The Morgan fingerprint density at radius 2 is 1.79 bits per heavy atom. The number of nitrogens with one attached hydrogen (secondary N) is 2. The van der Waals surface area contributed by atoms with Crippen LogP contribution in [0, 0.1) is 6.92 Å². The second-order valence-electron chi connectivity index (χ2n) is 9.56. The second kappa shape index (κ2) is 9.17. The lowest BCUT2D eigenvalue weighted by molar-refractivity contribution is 0.0492. The standard InChI is InChI=1S/C24H31N7O2/c1-14-11-18(15-5-10-20(25)26-12-15)30-19-13-27-22(31-21(14)19)28-16-6-8-17(9-7-16)29-23(32)33-24(2,3)4/h5,10-13,16-17H,6-9H2,1-4H3,(H2,25,26)(H,29,32)(H,27,28,31). The zero-order valence-corrected chi connectivity index (χ0v) is 19.6. The molecule has 174 valence electrons. The topological polar surface area (TPSA) is 128 Å². The summed E-state index contributed by atoms with van der Waals surface area (Å²) in [4.78, 5) is 30.1. The van der Waals surface area contributed by atoms with E-state index in [-0.39, 0.29) is 18.2 Å². The number of nitrogen functional groups attached to an aromatic ring is 1. The van der Waals surface area contributed by atoms with Crippen LogP contribution in [0.15, 0.2) is 30.6 Å². The molecular formula is C24H31N7O2. The first-order chi connectivity index (χ1) is 15.7. The average molecular weight is 450 g/mol. The number of carbonyl (C=O) groups excluding carboxylic acids is 1. The summed E-state index contributed by atoms with van der Waals surface area (Å²) in [5, 5.41) is 6.42. The molecule has 9 heteroatoms. The number of nitrogens with zero attached hydrogens (tertiary/aromatic N) is 4. The number of carbonyl (C=O) groups is 1. The molecule has 9 nitrogen and oxygen atoms in total. The summed E-state index contributed by atoms with van der Waals surface area (Å²) < 4.78 is 5.36. The van der Waals surface area contributed by atoms with E-state index in [4.69, 9.17) is 20.4 Å². The van der Waals surface area contributed by atoms with Crippen LogP contribution in [0.5, 0.6) is 0 Å². The number of anilines is 2. The normalized spacial score (nSPS) is 18.7. The summed E-state index contributed by atoms with van der Waals surface area (Å²) in [6, 6.07) is 6.05. The second-order valence-corrected chi connectivity index (χ2v) is 9.56. The van der Waals surface area contributed by atoms with Crippen molar-refractivity contribution in [2.75, 3.05) is 11.1 Å². The van der Waals surface area contributed by atoms with Crippen LogP contribution in [0.3, 0.4) is 0 Å². The summed E-state index contributed by atoms with van der Waals surface area (Å²) in [5.74, 6) is 1.07. The maximum Gasteiger partial charge on any atom is 0.407 e. The number of aryl methyl sites for hydroxylation is 1. The summed E-state index contributed by atoms with van der Waals surface area (Å²) in [5.41, 5.74) is 9.48. The van der Waals surface area contributed by atoms with E-state index in [1.165, 1.54) is 0 Å². The van der Waals surface area contributed by atoms with Gasteiger partial charge in [-0.25, -0.2) is 24.7 Å². The Morgan fingerprint density at radius 3 is 2.45 bits per heavy atom. The maximum atomic E-state index is 12.0. The van der Waals surface area contributed by atoms with E-state index < -0.39 is 5.60 Å². The third kappa shape index (κ3) is 5.85. The molecule has 0 radical (unpaired) electrons. The first kappa shape index (κ1) is 22.7. The van der Waals surface area contributed by atoms with Gasteiger partial charge in [-0.15, -0.1) is 0 Å². The van der Waals surface area contributed by atoms with E-state index in [2.05, 4.69) is 20.6 Å². The Kier molecular flexibility index (Phi) is 6.31. The lowest BCUT2D eigenvalue weighted by Gasteiger charge is -2.30. The fourth-order valence-electron chi connectivity index (χ4n) is 4.00. The van der Waals surface area contributed by atoms with Crippen molar-refractivity contribution >= 4 is 28.9 Å². The molecule has 1 saturated carbocycles. The molecule has 0 aromatic carbocycles. The number of ether oxygens (including phenoxy) is 1. The molecule has 3 aromatic heterocycles. The number of nitrogens with two attached hydrogens (primary N) is 1. The first-order valence-electron chi connectivity index (χ1n) is 11.3. The van der Waals surface area contributed by atoms with Crippen molar-refractivity contribution in [2.24, 2.45) is 0 Å². The van der Waals surface area contributed by atoms with Gasteiger partial charge in [-0.05, 0) is 77.1 Å². The molecule has 0 aliphatic heterocycles. The fraction of sp³-hybridized carbons (Fsp3) is 0.458. The monoisotopic (exact) mass is 449 g/mol. The van der Waals surface area contributed by atoms with Crippen LogP contribution in [0.4, 0.5) is 16.6 Å². The predicted octanol–water partition coefficient (Wildman–Crippen LogP) is 4.23. The van der Waals surface area contributed by atoms with Crippen LogP contribution >= 0.6 is 0 Å². The van der Waals surface area contributed by atoms with Crippen LogP contribution in [0.2, 0.25) is 0 Å². The van der Waals surface area contributed by atoms with Crippen molar-refractivity contribution in [1.82, 2.24) is 25.3 Å². The molecule has 1 aliphatic rings. The number of hydrogen-bond acceptors (Lipinski definition) is 8. The molecule has 0 bridgehead atoms. The van der Waals surface area contributed by atoms with Gasteiger partial charge in [0.15, 0.2) is 0 Å². The minimum Gasteiger partial charge on any atom is -0.444 e. The zero-order chi connectivity index (χ0) is 23.6.